The fraction of sp³-hybridized carbons (Fsp3) is 0.938. The van der Waals surface area contributed by atoms with Crippen molar-refractivity contribution in [3.05, 3.63) is 0 Å². The first kappa shape index (κ1) is 14.3. The van der Waals surface area contributed by atoms with Gasteiger partial charge in [-0.3, -0.25) is 4.79 Å². The van der Waals surface area contributed by atoms with Gasteiger partial charge in [-0.15, -0.1) is 0 Å². The van der Waals surface area contributed by atoms with E-state index in [0.29, 0.717) is 23.9 Å². The Morgan fingerprint density at radius 3 is 2.75 bits per heavy atom. The quantitative estimate of drug-likeness (QED) is 0.789. The van der Waals surface area contributed by atoms with Crippen LogP contribution in [0.4, 0.5) is 0 Å². The summed E-state index contributed by atoms with van der Waals surface area (Å²) in [4.78, 5) is 17.4. The Kier molecular flexibility index (Phi) is 4.32. The Bertz CT molecular complexity index is 360. The molecule has 114 valence electrons. The number of hydrogen-bond donors (Lipinski definition) is 1. The van der Waals surface area contributed by atoms with Gasteiger partial charge in [0.1, 0.15) is 0 Å². The third-order valence-corrected chi connectivity index (χ3v) is 5.57. The number of piperidine rings is 3. The van der Waals surface area contributed by atoms with E-state index >= 15 is 0 Å². The molecule has 3 saturated heterocycles. The van der Waals surface area contributed by atoms with Crippen LogP contribution in [0.25, 0.3) is 0 Å². The maximum absolute atomic E-state index is 12.7. The molecular weight excluding hydrogens is 250 g/mol. The third kappa shape index (κ3) is 2.86. The van der Waals surface area contributed by atoms with Gasteiger partial charge in [0, 0.05) is 25.2 Å². The molecule has 3 aliphatic heterocycles. The van der Waals surface area contributed by atoms with E-state index in [-0.39, 0.29) is 6.04 Å². The summed E-state index contributed by atoms with van der Waals surface area (Å²) in [5.74, 6) is 1.07. The highest BCUT2D eigenvalue weighted by Crippen LogP contribution is 2.30. The first-order valence-corrected chi connectivity index (χ1v) is 8.40. The highest BCUT2D eigenvalue weighted by molar-refractivity contribution is 5.82. The smallest absolute Gasteiger partial charge is 0.239 e. The number of fused-ring (bicyclic) bond motifs is 1. The fourth-order valence-corrected chi connectivity index (χ4v) is 4.41. The molecule has 0 radical (unpaired) electrons. The minimum atomic E-state index is 0.0802. The third-order valence-electron chi connectivity index (χ3n) is 5.57. The van der Waals surface area contributed by atoms with Gasteiger partial charge in [-0.2, -0.15) is 0 Å². The molecule has 1 amide bonds. The van der Waals surface area contributed by atoms with Crippen LogP contribution in [0.3, 0.4) is 0 Å². The molecule has 3 rings (SSSR count). The lowest BCUT2D eigenvalue weighted by Crippen LogP contribution is -2.58. The molecule has 0 aromatic rings. The van der Waals surface area contributed by atoms with Gasteiger partial charge < -0.3 is 15.1 Å². The Morgan fingerprint density at radius 2 is 1.95 bits per heavy atom. The molecule has 0 saturated carbocycles. The van der Waals surface area contributed by atoms with Crippen LogP contribution in [-0.2, 0) is 4.79 Å². The molecule has 1 N–H and O–H groups in total. The molecular formula is C16H29N3O. The maximum Gasteiger partial charge on any atom is 0.239 e. The lowest BCUT2D eigenvalue weighted by molar-refractivity contribution is -0.137. The van der Waals surface area contributed by atoms with Crippen LogP contribution in [0, 0.1) is 5.92 Å². The van der Waals surface area contributed by atoms with E-state index in [2.05, 4.69) is 29.1 Å². The van der Waals surface area contributed by atoms with Crippen LogP contribution in [0.2, 0.25) is 0 Å². The van der Waals surface area contributed by atoms with E-state index < -0.39 is 0 Å². The van der Waals surface area contributed by atoms with Gasteiger partial charge in [0.15, 0.2) is 0 Å². The van der Waals surface area contributed by atoms with Crippen molar-refractivity contribution in [1.82, 2.24) is 15.1 Å². The second-order valence-corrected chi connectivity index (χ2v) is 7.07. The zero-order chi connectivity index (χ0) is 14.1. The Labute approximate surface area is 122 Å². The first-order chi connectivity index (χ1) is 9.65. The van der Waals surface area contributed by atoms with Gasteiger partial charge in [0.05, 0.1) is 6.04 Å². The number of carbonyl (C=O) groups is 1. The van der Waals surface area contributed by atoms with Crippen molar-refractivity contribution in [3.63, 3.8) is 0 Å². The van der Waals surface area contributed by atoms with Crippen LogP contribution < -0.4 is 5.32 Å². The summed E-state index contributed by atoms with van der Waals surface area (Å²) in [6.07, 6.45) is 7.17. The van der Waals surface area contributed by atoms with Gasteiger partial charge in [0.25, 0.3) is 0 Å². The minimum Gasteiger partial charge on any atom is -0.341 e. The Hall–Kier alpha value is -0.610. The van der Waals surface area contributed by atoms with Crippen molar-refractivity contribution in [2.75, 3.05) is 26.7 Å². The molecule has 4 heteroatoms. The average Bonchev–Trinajstić information content (AvgIpc) is 2.46. The van der Waals surface area contributed by atoms with Crippen molar-refractivity contribution in [2.24, 2.45) is 5.92 Å². The van der Waals surface area contributed by atoms with E-state index in [9.17, 15) is 4.79 Å². The molecule has 4 atom stereocenters. The highest BCUT2D eigenvalue weighted by Gasteiger charge is 2.37. The van der Waals surface area contributed by atoms with Crippen molar-refractivity contribution in [3.8, 4) is 0 Å². The summed E-state index contributed by atoms with van der Waals surface area (Å²) in [7, 11) is 2.25. The molecule has 3 aliphatic rings. The number of nitrogens with one attached hydrogen (secondary N) is 1. The predicted octanol–water partition coefficient (Wildman–Crippen LogP) is 1.46. The zero-order valence-electron chi connectivity index (χ0n) is 13.0. The van der Waals surface area contributed by atoms with Crippen LogP contribution in [0.15, 0.2) is 0 Å². The zero-order valence-corrected chi connectivity index (χ0v) is 13.0. The summed E-state index contributed by atoms with van der Waals surface area (Å²) >= 11 is 0. The predicted molar refractivity (Wildman–Crippen MR) is 80.6 cm³/mol. The molecule has 0 aliphatic carbocycles. The van der Waals surface area contributed by atoms with Gasteiger partial charge in [-0.25, -0.2) is 0 Å². The number of nitrogens with zero attached hydrogens (tertiary/aromatic N) is 2. The Morgan fingerprint density at radius 1 is 1.10 bits per heavy atom. The Balaban J connectivity index is 1.59. The van der Waals surface area contributed by atoms with Crippen LogP contribution in [0.5, 0.6) is 0 Å². The van der Waals surface area contributed by atoms with Crippen LogP contribution in [0.1, 0.15) is 45.4 Å². The van der Waals surface area contributed by atoms with E-state index in [4.69, 9.17) is 0 Å². The molecule has 0 aromatic heterocycles. The first-order valence-electron chi connectivity index (χ1n) is 8.40. The van der Waals surface area contributed by atoms with E-state index in [1.807, 2.05) is 0 Å². The largest absolute Gasteiger partial charge is 0.341 e. The van der Waals surface area contributed by atoms with E-state index in [1.165, 1.54) is 32.2 Å². The van der Waals surface area contributed by atoms with E-state index in [1.54, 1.807) is 0 Å². The summed E-state index contributed by atoms with van der Waals surface area (Å²) in [6.45, 7) is 5.37. The van der Waals surface area contributed by atoms with Crippen molar-refractivity contribution < 1.29 is 4.79 Å². The number of rotatable bonds is 1. The average molecular weight is 279 g/mol. The van der Waals surface area contributed by atoms with Gasteiger partial charge in [-0.05, 0) is 65.0 Å². The molecule has 20 heavy (non-hydrogen) atoms. The summed E-state index contributed by atoms with van der Waals surface area (Å²) < 4.78 is 0. The summed E-state index contributed by atoms with van der Waals surface area (Å²) in [5, 5.41) is 3.49. The van der Waals surface area contributed by atoms with Crippen molar-refractivity contribution >= 4 is 5.91 Å². The second-order valence-electron chi connectivity index (χ2n) is 7.07. The van der Waals surface area contributed by atoms with Crippen LogP contribution >= 0.6 is 0 Å². The molecule has 0 spiro atoms. The molecule has 0 bridgehead atoms. The highest BCUT2D eigenvalue weighted by atomic mass is 16.2. The van der Waals surface area contributed by atoms with E-state index in [0.717, 1.165) is 25.9 Å². The minimum absolute atomic E-state index is 0.0802. The molecule has 4 nitrogen and oxygen atoms in total. The molecule has 0 aromatic carbocycles. The molecule has 3 heterocycles. The molecule has 4 unspecified atom stereocenters. The SMILES string of the molecule is CC1CCCC(C(=O)N2CCC3C(CCCN3C)C2)N1. The fourth-order valence-electron chi connectivity index (χ4n) is 4.41. The topological polar surface area (TPSA) is 35.6 Å². The van der Waals surface area contributed by atoms with Crippen LogP contribution in [-0.4, -0.2) is 60.5 Å². The van der Waals surface area contributed by atoms with Gasteiger partial charge in [0.2, 0.25) is 5.91 Å². The van der Waals surface area contributed by atoms with Crippen molar-refractivity contribution in [1.29, 1.82) is 0 Å². The van der Waals surface area contributed by atoms with Gasteiger partial charge >= 0.3 is 0 Å². The molecule has 3 fully saturated rings. The number of hydrogen-bond acceptors (Lipinski definition) is 3. The number of carbonyl (C=O) groups excluding carboxylic acids is 1. The number of likely N-dealkylation sites (tertiary alicyclic amines) is 2. The van der Waals surface area contributed by atoms with Crippen molar-refractivity contribution in [2.45, 2.75) is 63.6 Å². The number of amides is 1. The monoisotopic (exact) mass is 279 g/mol. The maximum atomic E-state index is 12.7. The second kappa shape index (κ2) is 6.02. The lowest BCUT2D eigenvalue weighted by Gasteiger charge is -2.46. The summed E-state index contributed by atoms with van der Waals surface area (Å²) in [5.41, 5.74) is 0. The lowest BCUT2D eigenvalue weighted by atomic mass is 9.84. The standard InChI is InChI=1S/C16H29N3O/c1-12-5-3-7-14(17-12)16(20)19-10-8-15-13(11-19)6-4-9-18(15)2/h12-15,17H,3-11H2,1-2H3. The normalized spacial score (nSPS) is 39.4. The van der Waals surface area contributed by atoms with Gasteiger partial charge in [-0.1, -0.05) is 0 Å². The summed E-state index contributed by atoms with van der Waals surface area (Å²) in [6, 6.07) is 1.29.